The molecule has 3 rings (SSSR count). The van der Waals surface area contributed by atoms with E-state index < -0.39 is 22.7 Å². The standard InChI is InChI=1S/C21H21N3O5/c1-22(2)11-12-23-18(15-9-6-10-16(13-15)24(28)29)17(20(26)21(23)27)19(25)14-7-4-3-5-8-14/h3-10,13,18,25H,11-12H2,1-2H3/p+1. The van der Waals surface area contributed by atoms with Gasteiger partial charge in [-0.05, 0) is 5.56 Å². The van der Waals surface area contributed by atoms with Gasteiger partial charge < -0.3 is 14.9 Å². The largest absolute Gasteiger partial charge is 0.507 e. The van der Waals surface area contributed by atoms with Crippen molar-refractivity contribution in [1.82, 2.24) is 4.90 Å². The van der Waals surface area contributed by atoms with Gasteiger partial charge >= 0.3 is 0 Å². The van der Waals surface area contributed by atoms with Crippen molar-refractivity contribution in [3.8, 4) is 0 Å². The molecule has 1 heterocycles. The molecule has 0 aromatic heterocycles. The number of hydrogen-bond donors (Lipinski definition) is 2. The van der Waals surface area contributed by atoms with E-state index >= 15 is 0 Å². The van der Waals surface area contributed by atoms with Crippen LogP contribution in [0.5, 0.6) is 0 Å². The number of aliphatic hydroxyl groups excluding tert-OH is 1. The molecule has 1 saturated heterocycles. The number of Topliss-reactive ketones (excluding diaryl/α,β-unsaturated/α-hetero) is 1. The number of hydrogen-bond acceptors (Lipinski definition) is 5. The molecular formula is C21H22N3O5+. The second-order valence-corrected chi connectivity index (χ2v) is 7.17. The fourth-order valence-electron chi connectivity index (χ4n) is 3.36. The molecule has 29 heavy (non-hydrogen) atoms. The molecule has 1 fully saturated rings. The number of rotatable bonds is 6. The number of likely N-dealkylation sites (N-methyl/N-ethyl adjacent to an activating group) is 1. The Hall–Kier alpha value is -3.52. The van der Waals surface area contributed by atoms with Crippen LogP contribution in [0.15, 0.2) is 60.2 Å². The second-order valence-electron chi connectivity index (χ2n) is 7.17. The zero-order valence-electron chi connectivity index (χ0n) is 16.2. The smallest absolute Gasteiger partial charge is 0.295 e. The molecule has 0 aliphatic carbocycles. The molecule has 8 heteroatoms. The van der Waals surface area contributed by atoms with Crippen molar-refractivity contribution < 1.29 is 24.5 Å². The van der Waals surface area contributed by atoms with E-state index in [1.54, 1.807) is 36.4 Å². The highest BCUT2D eigenvalue weighted by Crippen LogP contribution is 2.39. The van der Waals surface area contributed by atoms with Gasteiger partial charge in [-0.25, -0.2) is 0 Å². The highest BCUT2D eigenvalue weighted by atomic mass is 16.6. The van der Waals surface area contributed by atoms with E-state index in [0.29, 0.717) is 17.7 Å². The Balaban J connectivity index is 2.17. The van der Waals surface area contributed by atoms with Crippen LogP contribution in [0.2, 0.25) is 0 Å². The van der Waals surface area contributed by atoms with E-state index in [9.17, 15) is 24.8 Å². The van der Waals surface area contributed by atoms with Crippen LogP contribution in [0.3, 0.4) is 0 Å². The summed E-state index contributed by atoms with van der Waals surface area (Å²) in [5, 5.41) is 22.1. The molecular weight excluding hydrogens is 374 g/mol. The van der Waals surface area contributed by atoms with Crippen LogP contribution in [-0.4, -0.2) is 53.8 Å². The molecule has 0 radical (unpaired) electrons. The Morgan fingerprint density at radius 2 is 1.83 bits per heavy atom. The molecule has 1 unspecified atom stereocenters. The number of benzene rings is 2. The van der Waals surface area contributed by atoms with Gasteiger partial charge in [-0.15, -0.1) is 0 Å². The van der Waals surface area contributed by atoms with Crippen molar-refractivity contribution >= 4 is 23.1 Å². The van der Waals surface area contributed by atoms with Crippen LogP contribution in [0.1, 0.15) is 17.2 Å². The predicted molar refractivity (Wildman–Crippen MR) is 106 cm³/mol. The summed E-state index contributed by atoms with van der Waals surface area (Å²) in [5.41, 5.74) is 0.602. The Morgan fingerprint density at radius 1 is 1.14 bits per heavy atom. The van der Waals surface area contributed by atoms with Gasteiger partial charge in [0.2, 0.25) is 0 Å². The van der Waals surface area contributed by atoms with Crippen LogP contribution in [0.25, 0.3) is 5.76 Å². The molecule has 1 atom stereocenters. The third-order valence-electron chi connectivity index (χ3n) is 4.84. The quantitative estimate of drug-likeness (QED) is 0.251. The Labute approximate surface area is 167 Å². The van der Waals surface area contributed by atoms with Gasteiger partial charge in [-0.1, -0.05) is 42.5 Å². The maximum absolute atomic E-state index is 12.8. The molecule has 2 aromatic rings. The van der Waals surface area contributed by atoms with Crippen LogP contribution in [0.4, 0.5) is 5.69 Å². The van der Waals surface area contributed by atoms with E-state index in [-0.39, 0.29) is 23.6 Å². The lowest BCUT2D eigenvalue weighted by Crippen LogP contribution is -3.06. The first-order chi connectivity index (χ1) is 13.8. The molecule has 1 aliphatic rings. The molecule has 0 saturated carbocycles. The van der Waals surface area contributed by atoms with Gasteiger partial charge in [0.1, 0.15) is 5.76 Å². The molecule has 8 nitrogen and oxygen atoms in total. The van der Waals surface area contributed by atoms with Gasteiger partial charge in [0, 0.05) is 17.7 Å². The second kappa shape index (κ2) is 8.24. The summed E-state index contributed by atoms with van der Waals surface area (Å²) in [7, 11) is 3.84. The first kappa shape index (κ1) is 20.2. The summed E-state index contributed by atoms with van der Waals surface area (Å²) in [5.74, 6) is -1.81. The van der Waals surface area contributed by atoms with Crippen molar-refractivity contribution in [3.63, 3.8) is 0 Å². The fraction of sp³-hybridized carbons (Fsp3) is 0.238. The van der Waals surface area contributed by atoms with Gasteiger partial charge in [0.05, 0.1) is 43.7 Å². The Kier molecular flexibility index (Phi) is 5.74. The molecule has 2 aromatic carbocycles. The van der Waals surface area contributed by atoms with Gasteiger partial charge in [-0.2, -0.15) is 0 Å². The van der Waals surface area contributed by atoms with Crippen molar-refractivity contribution in [2.24, 2.45) is 0 Å². The van der Waals surface area contributed by atoms with Crippen LogP contribution in [0, 0.1) is 10.1 Å². The average Bonchev–Trinajstić information content (AvgIpc) is 2.97. The number of aliphatic hydroxyl groups is 1. The molecule has 2 N–H and O–H groups in total. The van der Waals surface area contributed by atoms with Gasteiger partial charge in [-0.3, -0.25) is 19.7 Å². The van der Waals surface area contributed by atoms with Crippen LogP contribution >= 0.6 is 0 Å². The first-order valence-corrected chi connectivity index (χ1v) is 9.18. The highest BCUT2D eigenvalue weighted by Gasteiger charge is 2.46. The number of likely N-dealkylation sites (tertiary alicyclic amines) is 1. The fourth-order valence-corrected chi connectivity index (χ4v) is 3.36. The first-order valence-electron chi connectivity index (χ1n) is 9.18. The SMILES string of the molecule is C[NH+](C)CCN1C(=O)C(=O)C(=C(O)c2ccccc2)C1c1cccc([N+](=O)[O-])c1. The number of ketones is 1. The van der Waals surface area contributed by atoms with Crippen molar-refractivity contribution in [1.29, 1.82) is 0 Å². The van der Waals surface area contributed by atoms with E-state index in [4.69, 9.17) is 0 Å². The number of carbonyl (C=O) groups is 2. The number of nitrogens with one attached hydrogen (secondary N) is 1. The number of nitro benzene ring substituents is 1. The minimum atomic E-state index is -0.894. The molecule has 1 amide bonds. The summed E-state index contributed by atoms with van der Waals surface area (Å²) >= 11 is 0. The third-order valence-corrected chi connectivity index (χ3v) is 4.84. The van der Waals surface area contributed by atoms with Crippen molar-refractivity contribution in [3.05, 3.63) is 81.4 Å². The van der Waals surface area contributed by atoms with Gasteiger partial charge in [0.25, 0.3) is 17.4 Å². The topological polar surface area (TPSA) is 105 Å². The molecule has 150 valence electrons. The van der Waals surface area contributed by atoms with Crippen molar-refractivity contribution in [2.75, 3.05) is 27.2 Å². The minimum Gasteiger partial charge on any atom is -0.507 e. The highest BCUT2D eigenvalue weighted by molar-refractivity contribution is 6.46. The summed E-state index contributed by atoms with van der Waals surface area (Å²) in [6.45, 7) is 0.843. The number of quaternary nitrogens is 1. The molecule has 0 spiro atoms. The van der Waals surface area contributed by atoms with Crippen LogP contribution < -0.4 is 4.90 Å². The zero-order valence-corrected chi connectivity index (χ0v) is 16.2. The predicted octanol–water partition coefficient (Wildman–Crippen LogP) is 1.16. The maximum atomic E-state index is 12.8. The van der Waals surface area contributed by atoms with E-state index in [0.717, 1.165) is 4.90 Å². The Morgan fingerprint density at radius 3 is 2.45 bits per heavy atom. The van der Waals surface area contributed by atoms with E-state index in [1.165, 1.54) is 23.1 Å². The molecule has 0 bridgehead atoms. The maximum Gasteiger partial charge on any atom is 0.295 e. The lowest BCUT2D eigenvalue weighted by Gasteiger charge is -2.25. The zero-order chi connectivity index (χ0) is 21.1. The lowest BCUT2D eigenvalue weighted by atomic mass is 9.95. The number of nitrogens with zero attached hydrogens (tertiary/aromatic N) is 2. The van der Waals surface area contributed by atoms with E-state index in [1.807, 2.05) is 14.1 Å². The van der Waals surface area contributed by atoms with E-state index in [2.05, 4.69) is 0 Å². The normalized spacial score (nSPS) is 18.4. The van der Waals surface area contributed by atoms with Gasteiger partial charge in [0.15, 0.2) is 0 Å². The lowest BCUT2D eigenvalue weighted by molar-refractivity contribution is -0.857. The van der Waals surface area contributed by atoms with Crippen molar-refractivity contribution in [2.45, 2.75) is 6.04 Å². The molecule has 1 aliphatic heterocycles. The number of amides is 1. The average molecular weight is 396 g/mol. The third kappa shape index (κ3) is 4.02. The monoisotopic (exact) mass is 396 g/mol. The number of carbonyl (C=O) groups excluding carboxylic acids is 2. The summed E-state index contributed by atoms with van der Waals surface area (Å²) in [6.07, 6.45) is 0. The summed E-state index contributed by atoms with van der Waals surface area (Å²) in [4.78, 5) is 38.7. The summed E-state index contributed by atoms with van der Waals surface area (Å²) in [6, 6.07) is 13.4. The number of non-ortho nitro benzene ring substituents is 1. The van der Waals surface area contributed by atoms with Crippen LogP contribution in [-0.2, 0) is 9.59 Å². The minimum absolute atomic E-state index is 0.0598. The Bertz CT molecular complexity index is 985. The summed E-state index contributed by atoms with van der Waals surface area (Å²) < 4.78 is 0. The number of nitro groups is 1.